The Morgan fingerprint density at radius 1 is 0.806 bits per heavy atom. The summed E-state index contributed by atoms with van der Waals surface area (Å²) in [5.41, 5.74) is 3.18. The molecule has 4 nitrogen and oxygen atoms in total. The predicted octanol–water partition coefficient (Wildman–Crippen LogP) is 6.08. The maximum Gasteiger partial charge on any atom is 0.166 e. The van der Waals surface area contributed by atoms with Crippen LogP contribution in [0.4, 0.5) is 0 Å². The van der Waals surface area contributed by atoms with Gasteiger partial charge in [-0.3, -0.25) is 0 Å². The second-order valence-electron chi connectivity index (χ2n) is 6.80. The lowest BCUT2D eigenvalue weighted by Gasteiger charge is -2.17. The Kier molecular flexibility index (Phi) is 10.5. The van der Waals surface area contributed by atoms with E-state index in [2.05, 4.69) is 17.4 Å². The number of para-hydroxylation sites is 2. The average molecular weight is 462 g/mol. The lowest BCUT2D eigenvalue weighted by atomic mass is 10.1. The minimum atomic E-state index is 0. The smallest absolute Gasteiger partial charge is 0.166 e. The second-order valence-corrected chi connectivity index (χ2v) is 7.20. The van der Waals surface area contributed by atoms with Gasteiger partial charge in [-0.15, -0.1) is 12.4 Å². The van der Waals surface area contributed by atoms with Crippen LogP contribution in [0.2, 0.25) is 5.02 Å². The van der Waals surface area contributed by atoms with E-state index in [0.717, 1.165) is 41.3 Å². The molecular weight excluding hydrogens is 433 g/mol. The Bertz CT molecular complexity index is 950. The van der Waals surface area contributed by atoms with E-state index in [1.807, 2.05) is 61.5 Å². The van der Waals surface area contributed by atoms with Crippen molar-refractivity contribution in [3.8, 4) is 17.2 Å². The maximum absolute atomic E-state index is 6.28. The summed E-state index contributed by atoms with van der Waals surface area (Å²) in [7, 11) is 1.70. The highest BCUT2D eigenvalue weighted by Gasteiger charge is 2.12. The molecule has 0 aliphatic rings. The summed E-state index contributed by atoms with van der Waals surface area (Å²) >= 11 is 6.28. The first-order valence-electron chi connectivity index (χ1n) is 10.2. The molecule has 3 aromatic rings. The molecule has 0 unspecified atom stereocenters. The van der Waals surface area contributed by atoms with Crippen LogP contribution in [0, 0.1) is 0 Å². The molecule has 0 fully saturated rings. The van der Waals surface area contributed by atoms with Crippen molar-refractivity contribution in [3.63, 3.8) is 0 Å². The summed E-state index contributed by atoms with van der Waals surface area (Å²) in [4.78, 5) is 0. The third kappa shape index (κ3) is 7.06. The first-order valence-corrected chi connectivity index (χ1v) is 10.5. The van der Waals surface area contributed by atoms with Crippen LogP contribution in [0.5, 0.6) is 17.2 Å². The molecule has 0 aliphatic carbocycles. The molecular formula is C25H29Cl2NO3. The van der Waals surface area contributed by atoms with E-state index >= 15 is 0 Å². The van der Waals surface area contributed by atoms with Gasteiger partial charge in [-0.2, -0.15) is 0 Å². The Morgan fingerprint density at radius 2 is 1.48 bits per heavy atom. The van der Waals surface area contributed by atoms with Crippen molar-refractivity contribution >= 4 is 24.0 Å². The fourth-order valence-corrected chi connectivity index (χ4v) is 3.44. The summed E-state index contributed by atoms with van der Waals surface area (Å²) in [5, 5.41) is 4.20. The van der Waals surface area contributed by atoms with Gasteiger partial charge in [0.05, 0.1) is 13.7 Å². The molecule has 6 heteroatoms. The van der Waals surface area contributed by atoms with Gasteiger partial charge in [-0.25, -0.2) is 0 Å². The number of benzene rings is 3. The molecule has 0 amide bonds. The zero-order chi connectivity index (χ0) is 21.2. The molecule has 0 heterocycles. The van der Waals surface area contributed by atoms with Crippen molar-refractivity contribution in [3.05, 3.63) is 88.4 Å². The quantitative estimate of drug-likeness (QED) is 0.351. The van der Waals surface area contributed by atoms with Crippen LogP contribution >= 0.6 is 24.0 Å². The SMILES string of the molecule is CCOc1cccc(CNCCc2ccccc2OC)c1OCc1ccccc1Cl.Cl. The van der Waals surface area contributed by atoms with E-state index < -0.39 is 0 Å². The zero-order valence-electron chi connectivity index (χ0n) is 17.9. The van der Waals surface area contributed by atoms with Crippen molar-refractivity contribution in [2.75, 3.05) is 20.3 Å². The van der Waals surface area contributed by atoms with Crippen molar-refractivity contribution in [2.45, 2.75) is 26.5 Å². The van der Waals surface area contributed by atoms with E-state index in [1.54, 1.807) is 7.11 Å². The Hall–Kier alpha value is -2.40. The molecule has 0 atom stereocenters. The largest absolute Gasteiger partial charge is 0.496 e. The number of hydrogen-bond donors (Lipinski definition) is 1. The third-order valence-corrected chi connectivity index (χ3v) is 5.14. The van der Waals surface area contributed by atoms with Crippen LogP contribution in [0.25, 0.3) is 0 Å². The molecule has 0 saturated carbocycles. The second kappa shape index (κ2) is 13.1. The van der Waals surface area contributed by atoms with Crippen molar-refractivity contribution in [1.29, 1.82) is 0 Å². The number of ether oxygens (including phenoxy) is 3. The molecule has 0 radical (unpaired) electrons. The molecule has 0 aromatic heterocycles. The molecule has 0 aliphatic heterocycles. The first-order chi connectivity index (χ1) is 14.7. The van der Waals surface area contributed by atoms with E-state index in [9.17, 15) is 0 Å². The molecule has 3 aromatic carbocycles. The van der Waals surface area contributed by atoms with E-state index in [4.69, 9.17) is 25.8 Å². The van der Waals surface area contributed by atoms with Crippen LogP contribution < -0.4 is 19.5 Å². The zero-order valence-corrected chi connectivity index (χ0v) is 19.5. The number of methoxy groups -OCH3 is 1. The minimum absolute atomic E-state index is 0. The monoisotopic (exact) mass is 461 g/mol. The molecule has 0 saturated heterocycles. The van der Waals surface area contributed by atoms with Crippen LogP contribution in [-0.2, 0) is 19.6 Å². The number of halogens is 2. The van der Waals surface area contributed by atoms with Gasteiger partial charge >= 0.3 is 0 Å². The summed E-state index contributed by atoms with van der Waals surface area (Å²) in [6, 6.07) is 21.8. The number of nitrogens with one attached hydrogen (secondary N) is 1. The lowest BCUT2D eigenvalue weighted by Crippen LogP contribution is -2.18. The van der Waals surface area contributed by atoms with E-state index in [0.29, 0.717) is 24.8 Å². The van der Waals surface area contributed by atoms with Gasteiger partial charge in [0.15, 0.2) is 11.5 Å². The highest BCUT2D eigenvalue weighted by molar-refractivity contribution is 6.31. The van der Waals surface area contributed by atoms with Gasteiger partial charge in [0.2, 0.25) is 0 Å². The summed E-state index contributed by atoms with van der Waals surface area (Å²) in [5.74, 6) is 2.42. The topological polar surface area (TPSA) is 39.7 Å². The summed E-state index contributed by atoms with van der Waals surface area (Å²) < 4.78 is 17.4. The van der Waals surface area contributed by atoms with E-state index in [-0.39, 0.29) is 12.4 Å². The van der Waals surface area contributed by atoms with Gasteiger partial charge in [-0.05, 0) is 43.7 Å². The molecule has 0 spiro atoms. The summed E-state index contributed by atoms with van der Waals surface area (Å²) in [6.07, 6.45) is 0.880. The van der Waals surface area contributed by atoms with Crippen LogP contribution in [-0.4, -0.2) is 20.3 Å². The Labute approximate surface area is 195 Å². The highest BCUT2D eigenvalue weighted by atomic mass is 35.5. The fraction of sp³-hybridized carbons (Fsp3) is 0.280. The van der Waals surface area contributed by atoms with Crippen LogP contribution in [0.3, 0.4) is 0 Å². The fourth-order valence-electron chi connectivity index (χ4n) is 3.25. The van der Waals surface area contributed by atoms with Gasteiger partial charge in [-0.1, -0.05) is 60.1 Å². The van der Waals surface area contributed by atoms with Crippen molar-refractivity contribution in [1.82, 2.24) is 5.32 Å². The van der Waals surface area contributed by atoms with Crippen LogP contribution in [0.1, 0.15) is 23.6 Å². The van der Waals surface area contributed by atoms with Gasteiger partial charge < -0.3 is 19.5 Å². The van der Waals surface area contributed by atoms with E-state index in [1.165, 1.54) is 5.56 Å². The summed E-state index contributed by atoms with van der Waals surface area (Å²) in [6.45, 7) is 4.43. The molecule has 0 bridgehead atoms. The molecule has 1 N–H and O–H groups in total. The molecule has 31 heavy (non-hydrogen) atoms. The Balaban J connectivity index is 0.00000341. The number of rotatable bonds is 11. The van der Waals surface area contributed by atoms with Crippen molar-refractivity contribution in [2.24, 2.45) is 0 Å². The number of hydrogen-bond acceptors (Lipinski definition) is 4. The van der Waals surface area contributed by atoms with Crippen molar-refractivity contribution < 1.29 is 14.2 Å². The van der Waals surface area contributed by atoms with Gasteiger partial charge in [0, 0.05) is 22.7 Å². The first kappa shape index (κ1) is 24.9. The third-order valence-electron chi connectivity index (χ3n) is 4.77. The average Bonchev–Trinajstić information content (AvgIpc) is 2.77. The standard InChI is InChI=1S/C25H28ClNO3.ClH/c1-3-29-24-14-8-11-20(25(24)30-18-21-10-4-6-12-22(21)26)17-27-16-15-19-9-5-7-13-23(19)28-2;/h4-14,27H,3,15-18H2,1-2H3;1H. The lowest BCUT2D eigenvalue weighted by molar-refractivity contribution is 0.266. The maximum atomic E-state index is 6.28. The van der Waals surface area contributed by atoms with Gasteiger partial charge in [0.1, 0.15) is 12.4 Å². The Morgan fingerprint density at radius 3 is 2.23 bits per heavy atom. The minimum Gasteiger partial charge on any atom is -0.496 e. The van der Waals surface area contributed by atoms with Crippen LogP contribution in [0.15, 0.2) is 66.7 Å². The predicted molar refractivity (Wildman–Crippen MR) is 129 cm³/mol. The molecule has 3 rings (SSSR count). The highest BCUT2D eigenvalue weighted by Crippen LogP contribution is 2.33. The normalized spacial score (nSPS) is 10.3. The van der Waals surface area contributed by atoms with Gasteiger partial charge in [0.25, 0.3) is 0 Å². The molecule has 166 valence electrons.